The Morgan fingerprint density at radius 2 is 1.90 bits per heavy atom. The highest BCUT2D eigenvalue weighted by atomic mass is 19.1. The van der Waals surface area contributed by atoms with Crippen LogP contribution in [0.3, 0.4) is 0 Å². The van der Waals surface area contributed by atoms with E-state index in [-0.39, 0.29) is 5.82 Å². The molecule has 2 aliphatic rings. The number of hydrogen-bond acceptors (Lipinski definition) is 3. The van der Waals surface area contributed by atoms with Crippen molar-refractivity contribution in [3.8, 4) is 0 Å². The molecule has 0 saturated carbocycles. The van der Waals surface area contributed by atoms with Crippen LogP contribution in [0, 0.1) is 11.7 Å². The zero-order valence-electron chi connectivity index (χ0n) is 12.5. The molecule has 2 heterocycles. The Balaban J connectivity index is 1.49. The van der Waals surface area contributed by atoms with Crippen LogP contribution in [0.1, 0.15) is 30.9 Å². The smallest absolute Gasteiger partial charge is 0.129 e. The van der Waals surface area contributed by atoms with Crippen LogP contribution in [-0.2, 0) is 0 Å². The van der Waals surface area contributed by atoms with Crippen molar-refractivity contribution in [1.82, 2.24) is 9.80 Å². The second-order valence-electron chi connectivity index (χ2n) is 6.46. The molecule has 2 unspecified atom stereocenters. The molecule has 1 aromatic rings. The number of rotatable bonds is 5. The fourth-order valence-electron chi connectivity index (χ4n) is 3.65. The van der Waals surface area contributed by atoms with Crippen molar-refractivity contribution in [1.29, 1.82) is 0 Å². The van der Waals surface area contributed by atoms with Crippen molar-refractivity contribution in [3.05, 3.63) is 35.6 Å². The van der Waals surface area contributed by atoms with E-state index in [0.29, 0.717) is 18.0 Å². The summed E-state index contributed by atoms with van der Waals surface area (Å²) in [7, 11) is 0. The molecule has 116 valence electrons. The van der Waals surface area contributed by atoms with Gasteiger partial charge in [-0.25, -0.2) is 4.39 Å². The van der Waals surface area contributed by atoms with Gasteiger partial charge in [0.25, 0.3) is 0 Å². The maximum absolute atomic E-state index is 13.7. The van der Waals surface area contributed by atoms with E-state index < -0.39 is 6.10 Å². The van der Waals surface area contributed by atoms with Crippen LogP contribution < -0.4 is 0 Å². The summed E-state index contributed by atoms with van der Waals surface area (Å²) in [5.74, 6) is 0.397. The summed E-state index contributed by atoms with van der Waals surface area (Å²) in [4.78, 5) is 4.83. The van der Waals surface area contributed by atoms with E-state index in [0.717, 1.165) is 13.1 Å². The summed E-state index contributed by atoms with van der Waals surface area (Å²) >= 11 is 0. The minimum absolute atomic E-state index is 0.308. The third-order valence-corrected chi connectivity index (χ3v) is 4.78. The summed E-state index contributed by atoms with van der Waals surface area (Å²) in [6.07, 6.45) is 3.14. The van der Waals surface area contributed by atoms with Crippen LogP contribution in [0.5, 0.6) is 0 Å². The summed E-state index contributed by atoms with van der Waals surface area (Å²) < 4.78 is 13.7. The van der Waals surface area contributed by atoms with Gasteiger partial charge in [-0.2, -0.15) is 0 Å². The first kappa shape index (κ1) is 14.9. The van der Waals surface area contributed by atoms with E-state index in [1.54, 1.807) is 18.2 Å². The van der Waals surface area contributed by atoms with Gasteiger partial charge >= 0.3 is 0 Å². The molecule has 2 fully saturated rings. The van der Waals surface area contributed by atoms with Gasteiger partial charge in [-0.05, 0) is 50.9 Å². The number of nitrogens with zero attached hydrogens (tertiary/aromatic N) is 2. The molecule has 0 amide bonds. The van der Waals surface area contributed by atoms with Crippen LogP contribution in [0.4, 0.5) is 4.39 Å². The maximum Gasteiger partial charge on any atom is 0.129 e. The Morgan fingerprint density at radius 3 is 2.67 bits per heavy atom. The first-order valence-corrected chi connectivity index (χ1v) is 8.09. The molecular formula is C17H25FN2O. The number of aliphatic hydroxyl groups is 1. The lowest BCUT2D eigenvalue weighted by Crippen LogP contribution is -2.31. The van der Waals surface area contributed by atoms with Crippen molar-refractivity contribution in [2.24, 2.45) is 5.92 Å². The summed E-state index contributed by atoms with van der Waals surface area (Å²) in [5, 5.41) is 10.2. The van der Waals surface area contributed by atoms with Crippen LogP contribution in [-0.4, -0.2) is 54.2 Å². The largest absolute Gasteiger partial charge is 0.387 e. The molecule has 1 aromatic carbocycles. The number of β-amino-alcohol motifs (C(OH)–C–C–N with tert-alkyl or cyclic N) is 1. The van der Waals surface area contributed by atoms with E-state index in [9.17, 15) is 9.50 Å². The van der Waals surface area contributed by atoms with Gasteiger partial charge in [-0.1, -0.05) is 18.2 Å². The molecule has 21 heavy (non-hydrogen) atoms. The van der Waals surface area contributed by atoms with Gasteiger partial charge in [0, 0.05) is 25.2 Å². The highest BCUT2D eigenvalue weighted by Crippen LogP contribution is 2.23. The Hall–Kier alpha value is -0.970. The molecule has 2 saturated heterocycles. The summed E-state index contributed by atoms with van der Waals surface area (Å²) in [6, 6.07) is 6.53. The molecule has 0 spiro atoms. The highest BCUT2D eigenvalue weighted by molar-refractivity contribution is 5.20. The monoisotopic (exact) mass is 292 g/mol. The quantitative estimate of drug-likeness (QED) is 0.902. The van der Waals surface area contributed by atoms with E-state index in [4.69, 9.17) is 0 Å². The maximum atomic E-state index is 13.7. The zero-order valence-corrected chi connectivity index (χ0v) is 12.5. The first-order chi connectivity index (χ1) is 10.2. The highest BCUT2D eigenvalue weighted by Gasteiger charge is 2.27. The van der Waals surface area contributed by atoms with E-state index in [2.05, 4.69) is 9.80 Å². The molecule has 0 aromatic heterocycles. The third-order valence-electron chi connectivity index (χ3n) is 4.78. The predicted molar refractivity (Wildman–Crippen MR) is 81.6 cm³/mol. The zero-order chi connectivity index (χ0) is 14.7. The van der Waals surface area contributed by atoms with Gasteiger partial charge in [0.05, 0.1) is 6.10 Å². The molecule has 0 aliphatic carbocycles. The first-order valence-electron chi connectivity index (χ1n) is 8.09. The van der Waals surface area contributed by atoms with E-state index >= 15 is 0 Å². The minimum Gasteiger partial charge on any atom is -0.387 e. The lowest BCUT2D eigenvalue weighted by atomic mass is 10.1. The van der Waals surface area contributed by atoms with Gasteiger partial charge in [-0.15, -0.1) is 0 Å². The Bertz CT molecular complexity index is 462. The molecule has 0 bridgehead atoms. The fourth-order valence-corrected chi connectivity index (χ4v) is 3.65. The van der Waals surface area contributed by atoms with Crippen molar-refractivity contribution < 1.29 is 9.50 Å². The van der Waals surface area contributed by atoms with Gasteiger partial charge in [0.2, 0.25) is 0 Å². The van der Waals surface area contributed by atoms with Gasteiger partial charge in [-0.3, -0.25) is 0 Å². The second kappa shape index (κ2) is 6.86. The Morgan fingerprint density at radius 1 is 1.14 bits per heavy atom. The molecule has 4 heteroatoms. The van der Waals surface area contributed by atoms with Crippen LogP contribution in [0.25, 0.3) is 0 Å². The Kier molecular flexibility index (Phi) is 4.88. The average molecular weight is 292 g/mol. The van der Waals surface area contributed by atoms with Crippen LogP contribution >= 0.6 is 0 Å². The molecule has 3 rings (SSSR count). The van der Waals surface area contributed by atoms with Crippen molar-refractivity contribution in [2.75, 3.05) is 39.3 Å². The van der Waals surface area contributed by atoms with E-state index in [1.165, 1.54) is 45.0 Å². The average Bonchev–Trinajstić information content (AvgIpc) is 3.12. The SMILES string of the molecule is OC(CN1CCC(CN2CCCC2)C1)c1ccccc1F. The predicted octanol–water partition coefficient (Wildman–Crippen LogP) is 2.28. The normalized spacial score (nSPS) is 25.5. The van der Waals surface area contributed by atoms with Crippen LogP contribution in [0.2, 0.25) is 0 Å². The molecule has 0 radical (unpaired) electrons. The van der Waals surface area contributed by atoms with Gasteiger partial charge in [0.15, 0.2) is 0 Å². The number of aliphatic hydroxyl groups excluding tert-OH is 1. The van der Waals surface area contributed by atoms with Crippen molar-refractivity contribution in [3.63, 3.8) is 0 Å². The number of halogens is 1. The fraction of sp³-hybridized carbons (Fsp3) is 0.647. The summed E-state index contributed by atoms with van der Waals surface area (Å²) in [6.45, 7) is 6.26. The molecule has 2 atom stereocenters. The number of hydrogen-bond donors (Lipinski definition) is 1. The lowest BCUT2D eigenvalue weighted by Gasteiger charge is -2.22. The third kappa shape index (κ3) is 3.82. The van der Waals surface area contributed by atoms with Crippen molar-refractivity contribution in [2.45, 2.75) is 25.4 Å². The topological polar surface area (TPSA) is 26.7 Å². The van der Waals surface area contributed by atoms with E-state index in [1.807, 2.05) is 0 Å². The molecule has 2 aliphatic heterocycles. The molecular weight excluding hydrogens is 267 g/mol. The molecule has 1 N–H and O–H groups in total. The van der Waals surface area contributed by atoms with Crippen LogP contribution in [0.15, 0.2) is 24.3 Å². The Labute approximate surface area is 126 Å². The standard InChI is InChI=1S/C17H25FN2O/c18-16-6-2-1-5-15(16)17(21)13-20-10-7-14(12-20)11-19-8-3-4-9-19/h1-2,5-6,14,17,21H,3-4,7-13H2. The molecule has 3 nitrogen and oxygen atoms in total. The number of benzene rings is 1. The lowest BCUT2D eigenvalue weighted by molar-refractivity contribution is 0.119. The summed E-state index contributed by atoms with van der Waals surface area (Å²) in [5.41, 5.74) is 0.417. The second-order valence-corrected chi connectivity index (χ2v) is 6.46. The minimum atomic E-state index is -0.725. The van der Waals surface area contributed by atoms with Crippen molar-refractivity contribution >= 4 is 0 Å². The van der Waals surface area contributed by atoms with Gasteiger partial charge in [0.1, 0.15) is 5.82 Å². The van der Waals surface area contributed by atoms with Gasteiger partial charge < -0.3 is 14.9 Å². The number of likely N-dealkylation sites (tertiary alicyclic amines) is 2.